The summed E-state index contributed by atoms with van der Waals surface area (Å²) in [6.07, 6.45) is -0.894. The number of halogens is 5. The number of carboxylic acid groups (broad SMARTS) is 1. The molecular formula is C22H21ClF4N2O3. The zero-order valence-corrected chi connectivity index (χ0v) is 17.7. The van der Waals surface area contributed by atoms with E-state index in [1.54, 1.807) is 0 Å². The fraction of sp³-hybridized carbons (Fsp3) is 0.455. The first-order valence-electron chi connectivity index (χ1n) is 10.3. The van der Waals surface area contributed by atoms with E-state index in [0.29, 0.717) is 32.5 Å². The molecule has 2 aromatic rings. The van der Waals surface area contributed by atoms with Crippen LogP contribution in [0.4, 0.5) is 17.6 Å². The van der Waals surface area contributed by atoms with Crippen molar-refractivity contribution < 1.29 is 32.2 Å². The van der Waals surface area contributed by atoms with Crippen LogP contribution in [0.25, 0.3) is 0 Å². The summed E-state index contributed by atoms with van der Waals surface area (Å²) in [7, 11) is 0. The maximum atomic E-state index is 14.3. The molecule has 10 heteroatoms. The van der Waals surface area contributed by atoms with Gasteiger partial charge in [-0.15, -0.1) is 0 Å². The number of aromatic nitrogens is 1. The van der Waals surface area contributed by atoms with Gasteiger partial charge in [-0.05, 0) is 54.9 Å². The average molecular weight is 473 g/mol. The van der Waals surface area contributed by atoms with Gasteiger partial charge in [-0.2, -0.15) is 13.2 Å². The smallest absolute Gasteiger partial charge is 0.418 e. The average Bonchev–Trinajstić information content (AvgIpc) is 3.55. The molecule has 0 spiro atoms. The Morgan fingerprint density at radius 2 is 1.88 bits per heavy atom. The van der Waals surface area contributed by atoms with Gasteiger partial charge < -0.3 is 9.84 Å². The van der Waals surface area contributed by atoms with E-state index in [4.69, 9.17) is 16.3 Å². The third-order valence-electron chi connectivity index (χ3n) is 5.83. The van der Waals surface area contributed by atoms with Crippen molar-refractivity contribution in [1.82, 2.24) is 9.88 Å². The Bertz CT molecular complexity index is 1020. The van der Waals surface area contributed by atoms with E-state index in [2.05, 4.69) is 9.88 Å². The van der Waals surface area contributed by atoms with Crippen molar-refractivity contribution in [2.45, 2.75) is 50.4 Å². The van der Waals surface area contributed by atoms with Crippen molar-refractivity contribution in [3.63, 3.8) is 0 Å². The fourth-order valence-corrected chi connectivity index (χ4v) is 4.21. The van der Waals surface area contributed by atoms with Gasteiger partial charge in [0.05, 0.1) is 22.3 Å². The van der Waals surface area contributed by atoms with E-state index >= 15 is 0 Å². The van der Waals surface area contributed by atoms with Crippen molar-refractivity contribution >= 4 is 17.6 Å². The number of carboxylic acids is 1. The van der Waals surface area contributed by atoms with Crippen LogP contribution >= 0.6 is 11.6 Å². The molecule has 0 radical (unpaired) electrons. The molecule has 172 valence electrons. The SMILES string of the molecule is O=C(O)c1cc(C2CC2)c(CN2CCC(Oc3cc(C(F)(F)F)c(Cl)cn3)CC2)cc1F. The van der Waals surface area contributed by atoms with E-state index in [1.807, 2.05) is 0 Å². The number of piperidine rings is 1. The number of hydrogen-bond acceptors (Lipinski definition) is 4. The van der Waals surface area contributed by atoms with Crippen LogP contribution in [-0.2, 0) is 12.7 Å². The first-order chi connectivity index (χ1) is 15.1. The number of pyridine rings is 1. The van der Waals surface area contributed by atoms with Crippen LogP contribution < -0.4 is 4.74 Å². The highest BCUT2D eigenvalue weighted by atomic mass is 35.5. The second kappa shape index (κ2) is 8.86. The zero-order chi connectivity index (χ0) is 23.0. The number of benzene rings is 1. The third-order valence-corrected chi connectivity index (χ3v) is 6.13. The minimum atomic E-state index is -4.59. The lowest BCUT2D eigenvalue weighted by atomic mass is 9.98. The van der Waals surface area contributed by atoms with Crippen LogP contribution in [0, 0.1) is 5.82 Å². The summed E-state index contributed by atoms with van der Waals surface area (Å²) >= 11 is 5.59. The van der Waals surface area contributed by atoms with Gasteiger partial charge in [0.15, 0.2) is 0 Å². The van der Waals surface area contributed by atoms with Gasteiger partial charge in [0.2, 0.25) is 5.88 Å². The monoisotopic (exact) mass is 472 g/mol. The largest absolute Gasteiger partial charge is 0.478 e. The number of alkyl halides is 3. The number of ether oxygens (including phenoxy) is 1. The Kier molecular flexibility index (Phi) is 6.31. The second-order valence-corrected chi connectivity index (χ2v) is 8.61. The molecule has 1 aliphatic carbocycles. The Morgan fingerprint density at radius 1 is 1.19 bits per heavy atom. The van der Waals surface area contributed by atoms with Crippen LogP contribution in [0.3, 0.4) is 0 Å². The number of rotatable bonds is 6. The lowest BCUT2D eigenvalue weighted by Gasteiger charge is -2.32. The van der Waals surface area contributed by atoms with Gasteiger partial charge in [-0.3, -0.25) is 4.90 Å². The molecule has 2 fully saturated rings. The fourth-order valence-electron chi connectivity index (χ4n) is 4.00. The first kappa shape index (κ1) is 22.8. The van der Waals surface area contributed by atoms with Crippen molar-refractivity contribution in [2.75, 3.05) is 13.1 Å². The van der Waals surface area contributed by atoms with Crippen molar-refractivity contribution in [3.05, 3.63) is 57.5 Å². The predicted octanol–water partition coefficient (Wildman–Crippen LogP) is 5.51. The van der Waals surface area contributed by atoms with Gasteiger partial charge in [0.1, 0.15) is 11.9 Å². The van der Waals surface area contributed by atoms with Gasteiger partial charge in [-0.1, -0.05) is 11.6 Å². The number of nitrogens with zero attached hydrogens (tertiary/aromatic N) is 2. The Labute approximate surface area is 187 Å². The quantitative estimate of drug-likeness (QED) is 0.561. The van der Waals surface area contributed by atoms with E-state index < -0.39 is 28.5 Å². The topological polar surface area (TPSA) is 62.7 Å². The first-order valence-corrected chi connectivity index (χ1v) is 10.7. The van der Waals surface area contributed by atoms with Crippen molar-refractivity contribution in [3.8, 4) is 5.88 Å². The Morgan fingerprint density at radius 3 is 2.47 bits per heavy atom. The summed E-state index contributed by atoms with van der Waals surface area (Å²) in [6, 6.07) is 3.57. The normalized spacial score (nSPS) is 18.0. The minimum Gasteiger partial charge on any atom is -0.478 e. The summed E-state index contributed by atoms with van der Waals surface area (Å²) in [5.41, 5.74) is 0.369. The molecular weight excluding hydrogens is 452 g/mol. The van der Waals surface area contributed by atoms with Crippen LogP contribution in [0.15, 0.2) is 24.4 Å². The maximum Gasteiger partial charge on any atom is 0.418 e. The van der Waals surface area contributed by atoms with E-state index in [0.717, 1.165) is 36.2 Å². The van der Waals surface area contributed by atoms with Crippen LogP contribution in [-0.4, -0.2) is 40.2 Å². The summed E-state index contributed by atoms with van der Waals surface area (Å²) in [4.78, 5) is 17.2. The standard InChI is InChI=1S/C22H21ClF4N2O3/c23-18-10-28-20(9-17(18)22(25,26)27)32-14-3-5-29(6-4-14)11-13-7-19(24)16(21(30)31)8-15(13)12-1-2-12/h7-10,12,14H,1-6,11H2,(H,30,31). The lowest BCUT2D eigenvalue weighted by molar-refractivity contribution is -0.137. The molecule has 0 bridgehead atoms. The highest BCUT2D eigenvalue weighted by Gasteiger charge is 2.34. The highest BCUT2D eigenvalue weighted by Crippen LogP contribution is 2.43. The molecule has 1 aliphatic heterocycles. The number of hydrogen-bond donors (Lipinski definition) is 1. The minimum absolute atomic E-state index is 0.123. The molecule has 5 nitrogen and oxygen atoms in total. The Hall–Kier alpha value is -2.39. The molecule has 1 N–H and O–H groups in total. The molecule has 0 amide bonds. The summed E-state index contributed by atoms with van der Waals surface area (Å²) < 4.78 is 59.0. The molecule has 2 aliphatic rings. The molecule has 0 atom stereocenters. The number of carbonyl (C=O) groups is 1. The van der Waals surface area contributed by atoms with Gasteiger partial charge in [0.25, 0.3) is 0 Å². The molecule has 1 saturated carbocycles. The third kappa shape index (κ3) is 5.15. The van der Waals surface area contributed by atoms with E-state index in [1.165, 1.54) is 12.1 Å². The molecule has 4 rings (SSSR count). The van der Waals surface area contributed by atoms with Crippen molar-refractivity contribution in [2.24, 2.45) is 0 Å². The van der Waals surface area contributed by atoms with Crippen LogP contribution in [0.2, 0.25) is 5.02 Å². The molecule has 0 unspecified atom stereocenters. The van der Waals surface area contributed by atoms with Crippen LogP contribution in [0.1, 0.15) is 58.6 Å². The zero-order valence-electron chi connectivity index (χ0n) is 17.0. The number of likely N-dealkylation sites (tertiary alicyclic amines) is 1. The summed E-state index contributed by atoms with van der Waals surface area (Å²) in [5.74, 6) is -1.88. The molecule has 1 aromatic carbocycles. The van der Waals surface area contributed by atoms with E-state index in [-0.39, 0.29) is 23.5 Å². The molecule has 2 heterocycles. The lowest BCUT2D eigenvalue weighted by Crippen LogP contribution is -2.38. The van der Waals surface area contributed by atoms with E-state index in [9.17, 15) is 27.5 Å². The summed E-state index contributed by atoms with van der Waals surface area (Å²) in [6.45, 7) is 1.69. The summed E-state index contributed by atoms with van der Waals surface area (Å²) in [5, 5.41) is 8.71. The Balaban J connectivity index is 1.39. The number of aromatic carboxylic acids is 1. The highest BCUT2D eigenvalue weighted by molar-refractivity contribution is 6.31. The second-order valence-electron chi connectivity index (χ2n) is 8.20. The van der Waals surface area contributed by atoms with Gasteiger partial charge >= 0.3 is 12.1 Å². The van der Waals surface area contributed by atoms with Crippen LogP contribution in [0.5, 0.6) is 5.88 Å². The maximum absolute atomic E-state index is 14.3. The molecule has 32 heavy (non-hydrogen) atoms. The molecule has 1 aromatic heterocycles. The van der Waals surface area contributed by atoms with Gasteiger partial charge in [0, 0.05) is 25.7 Å². The van der Waals surface area contributed by atoms with Crippen molar-refractivity contribution in [1.29, 1.82) is 0 Å². The molecule has 1 saturated heterocycles. The van der Waals surface area contributed by atoms with Gasteiger partial charge in [-0.25, -0.2) is 14.2 Å². The predicted molar refractivity (Wildman–Crippen MR) is 109 cm³/mol.